The molecular weight excluding hydrogens is 337 g/mol. The van der Waals surface area contributed by atoms with Gasteiger partial charge in [-0.3, -0.25) is 20.9 Å². The minimum Gasteiger partial charge on any atom is -0.271 e. The van der Waals surface area contributed by atoms with E-state index < -0.39 is 0 Å². The molecule has 0 aliphatic carbocycles. The first-order valence-corrected chi connectivity index (χ1v) is 7.71. The summed E-state index contributed by atoms with van der Waals surface area (Å²) < 4.78 is 15.9. The van der Waals surface area contributed by atoms with Crippen LogP contribution in [0.3, 0.4) is 0 Å². The molecule has 114 valence electrons. The van der Waals surface area contributed by atoms with E-state index in [0.717, 1.165) is 28.8 Å². The Morgan fingerprint density at radius 3 is 2.71 bits per heavy atom. The molecule has 1 atom stereocenters. The van der Waals surface area contributed by atoms with Gasteiger partial charge in [0.2, 0.25) is 0 Å². The molecule has 0 bridgehead atoms. The quantitative estimate of drug-likeness (QED) is 0.617. The van der Waals surface area contributed by atoms with Crippen LogP contribution in [0.4, 0.5) is 4.39 Å². The average molecular weight is 356 g/mol. The molecule has 0 amide bonds. The summed E-state index contributed by atoms with van der Waals surface area (Å²) in [5.41, 5.74) is 5.53. The van der Waals surface area contributed by atoms with Gasteiger partial charge in [0.15, 0.2) is 0 Å². The molecule has 21 heavy (non-hydrogen) atoms. The van der Waals surface area contributed by atoms with Crippen LogP contribution in [-0.4, -0.2) is 14.8 Å². The number of pyridine rings is 1. The highest BCUT2D eigenvalue weighted by Crippen LogP contribution is 2.26. The lowest BCUT2D eigenvalue weighted by molar-refractivity contribution is 0.503. The molecule has 0 radical (unpaired) electrons. The summed E-state index contributed by atoms with van der Waals surface area (Å²) >= 11 is 3.61. The van der Waals surface area contributed by atoms with Gasteiger partial charge in [-0.15, -0.1) is 0 Å². The van der Waals surface area contributed by atoms with Crippen LogP contribution >= 0.6 is 15.9 Å². The Morgan fingerprint density at radius 2 is 2.19 bits per heavy atom. The number of rotatable bonds is 6. The van der Waals surface area contributed by atoms with E-state index in [9.17, 15) is 4.39 Å². The summed E-state index contributed by atoms with van der Waals surface area (Å²) in [4.78, 5) is 4.10. The van der Waals surface area contributed by atoms with E-state index in [0.29, 0.717) is 12.1 Å². The van der Waals surface area contributed by atoms with Crippen molar-refractivity contribution in [3.63, 3.8) is 0 Å². The fraction of sp³-hybridized carbons (Fsp3) is 0.429. The fourth-order valence-corrected chi connectivity index (χ4v) is 2.97. The average Bonchev–Trinajstić information content (AvgIpc) is 2.81. The van der Waals surface area contributed by atoms with Crippen LogP contribution < -0.4 is 11.3 Å². The predicted molar refractivity (Wildman–Crippen MR) is 82.9 cm³/mol. The summed E-state index contributed by atoms with van der Waals surface area (Å²) in [6.07, 6.45) is 2.68. The highest BCUT2D eigenvalue weighted by molar-refractivity contribution is 9.10. The smallest absolute Gasteiger partial charge is 0.141 e. The Balaban J connectivity index is 2.30. The number of aryl methyl sites for hydroxylation is 2. The molecule has 0 saturated heterocycles. The maximum absolute atomic E-state index is 13.0. The van der Waals surface area contributed by atoms with Crippen molar-refractivity contribution < 1.29 is 4.39 Å². The zero-order chi connectivity index (χ0) is 15.4. The maximum Gasteiger partial charge on any atom is 0.141 e. The molecule has 0 aliphatic rings. The molecule has 2 aromatic heterocycles. The number of halogens is 2. The van der Waals surface area contributed by atoms with Gasteiger partial charge in [-0.25, -0.2) is 4.39 Å². The second kappa shape index (κ2) is 7.11. The zero-order valence-corrected chi connectivity index (χ0v) is 13.7. The number of aromatic nitrogens is 3. The standard InChI is InChI=1S/C14H19BrFN5/c1-3-10-14(15)13(21(4-2)20-10)7-12(19-17)11-6-5-9(16)8-18-11/h5-6,8,12,19H,3-4,7,17H2,1-2H3. The largest absolute Gasteiger partial charge is 0.271 e. The molecule has 7 heteroatoms. The molecule has 0 fully saturated rings. The van der Waals surface area contributed by atoms with Crippen molar-refractivity contribution in [2.24, 2.45) is 5.84 Å². The van der Waals surface area contributed by atoms with Crippen molar-refractivity contribution >= 4 is 15.9 Å². The van der Waals surface area contributed by atoms with Gasteiger partial charge < -0.3 is 0 Å². The maximum atomic E-state index is 13.0. The number of nitrogens with zero attached hydrogens (tertiary/aromatic N) is 3. The van der Waals surface area contributed by atoms with E-state index in [1.165, 1.54) is 12.3 Å². The van der Waals surface area contributed by atoms with Crippen molar-refractivity contribution in [3.8, 4) is 0 Å². The molecule has 3 N–H and O–H groups in total. The number of hydrogen-bond acceptors (Lipinski definition) is 4. The van der Waals surface area contributed by atoms with E-state index in [1.54, 1.807) is 6.07 Å². The summed E-state index contributed by atoms with van der Waals surface area (Å²) in [6.45, 7) is 4.89. The summed E-state index contributed by atoms with van der Waals surface area (Å²) in [5.74, 6) is 5.28. The van der Waals surface area contributed by atoms with Gasteiger partial charge in [-0.2, -0.15) is 5.10 Å². The molecular formula is C14H19BrFN5. The molecule has 0 saturated carbocycles. The SMILES string of the molecule is CCc1nn(CC)c(CC(NN)c2ccc(F)cn2)c1Br. The van der Waals surface area contributed by atoms with Gasteiger partial charge >= 0.3 is 0 Å². The van der Waals surface area contributed by atoms with Gasteiger partial charge in [0.1, 0.15) is 5.82 Å². The Kier molecular flexibility index (Phi) is 5.44. The lowest BCUT2D eigenvalue weighted by Crippen LogP contribution is -2.31. The zero-order valence-electron chi connectivity index (χ0n) is 12.1. The minimum absolute atomic E-state index is 0.200. The number of nitrogens with one attached hydrogen (secondary N) is 1. The van der Waals surface area contributed by atoms with Crippen LogP contribution in [0, 0.1) is 5.82 Å². The second-order valence-corrected chi connectivity index (χ2v) is 5.49. The molecule has 2 aromatic rings. The first-order valence-electron chi connectivity index (χ1n) is 6.92. The van der Waals surface area contributed by atoms with Gasteiger partial charge in [-0.05, 0) is 41.4 Å². The summed E-state index contributed by atoms with van der Waals surface area (Å²) in [6, 6.07) is 2.82. The first-order chi connectivity index (χ1) is 10.1. The van der Waals surface area contributed by atoms with Gasteiger partial charge in [0.05, 0.1) is 33.8 Å². The molecule has 1 unspecified atom stereocenters. The molecule has 5 nitrogen and oxygen atoms in total. The topological polar surface area (TPSA) is 68.8 Å². The second-order valence-electron chi connectivity index (χ2n) is 4.70. The van der Waals surface area contributed by atoms with E-state index in [-0.39, 0.29) is 11.9 Å². The lowest BCUT2D eigenvalue weighted by Gasteiger charge is -2.16. The van der Waals surface area contributed by atoms with Crippen LogP contribution in [0.25, 0.3) is 0 Å². The van der Waals surface area contributed by atoms with Gasteiger partial charge in [0, 0.05) is 13.0 Å². The normalized spacial score (nSPS) is 12.6. The van der Waals surface area contributed by atoms with Crippen LogP contribution in [-0.2, 0) is 19.4 Å². The Hall–Kier alpha value is -1.31. The van der Waals surface area contributed by atoms with Crippen LogP contribution in [0.2, 0.25) is 0 Å². The highest BCUT2D eigenvalue weighted by atomic mass is 79.9. The molecule has 2 heterocycles. The van der Waals surface area contributed by atoms with Crippen molar-refractivity contribution in [1.82, 2.24) is 20.2 Å². The Bertz CT molecular complexity index is 596. The van der Waals surface area contributed by atoms with Crippen molar-refractivity contribution in [1.29, 1.82) is 0 Å². The van der Waals surface area contributed by atoms with Crippen LogP contribution in [0.15, 0.2) is 22.8 Å². The number of hydrazine groups is 1. The third kappa shape index (κ3) is 3.48. The lowest BCUT2D eigenvalue weighted by atomic mass is 10.1. The third-order valence-corrected chi connectivity index (χ3v) is 4.32. The number of nitrogens with two attached hydrogens (primary N) is 1. The molecule has 2 rings (SSSR count). The predicted octanol–water partition coefficient (Wildman–Crippen LogP) is 2.51. The van der Waals surface area contributed by atoms with Gasteiger partial charge in [-0.1, -0.05) is 6.92 Å². The molecule has 0 aliphatic heterocycles. The van der Waals surface area contributed by atoms with Crippen molar-refractivity contribution in [2.45, 2.75) is 39.3 Å². The monoisotopic (exact) mass is 355 g/mol. The summed E-state index contributed by atoms with van der Waals surface area (Å²) in [7, 11) is 0. The highest BCUT2D eigenvalue weighted by Gasteiger charge is 2.20. The van der Waals surface area contributed by atoms with Crippen LogP contribution in [0.5, 0.6) is 0 Å². The first kappa shape index (κ1) is 16.1. The third-order valence-electron chi connectivity index (χ3n) is 3.40. The van der Waals surface area contributed by atoms with E-state index >= 15 is 0 Å². The number of hydrogen-bond donors (Lipinski definition) is 2. The van der Waals surface area contributed by atoms with E-state index in [2.05, 4.69) is 38.4 Å². The summed E-state index contributed by atoms with van der Waals surface area (Å²) in [5, 5.41) is 4.56. The Labute approximate surface area is 131 Å². The van der Waals surface area contributed by atoms with Gasteiger partial charge in [0.25, 0.3) is 0 Å². The van der Waals surface area contributed by atoms with E-state index in [4.69, 9.17) is 5.84 Å². The molecule has 0 spiro atoms. The van der Waals surface area contributed by atoms with Crippen molar-refractivity contribution in [3.05, 3.63) is 45.7 Å². The van der Waals surface area contributed by atoms with Crippen LogP contribution in [0.1, 0.15) is 37.0 Å². The molecule has 0 aromatic carbocycles. The fourth-order valence-electron chi connectivity index (χ4n) is 2.25. The minimum atomic E-state index is -0.359. The van der Waals surface area contributed by atoms with Crippen molar-refractivity contribution in [2.75, 3.05) is 0 Å². The van der Waals surface area contributed by atoms with E-state index in [1.807, 2.05) is 11.6 Å². The Morgan fingerprint density at radius 1 is 1.43 bits per heavy atom.